The molecule has 0 aliphatic carbocycles. The number of pyridine rings is 1. The maximum absolute atomic E-state index is 5.90. The summed E-state index contributed by atoms with van der Waals surface area (Å²) in [7, 11) is 0. The number of aryl methyl sites for hydroxylation is 2. The molecule has 0 amide bonds. The average Bonchev–Trinajstić information content (AvgIpc) is 2.20. The van der Waals surface area contributed by atoms with Crippen LogP contribution < -0.4 is 5.73 Å². The van der Waals surface area contributed by atoms with Crippen molar-refractivity contribution in [1.29, 1.82) is 0 Å². The van der Waals surface area contributed by atoms with Gasteiger partial charge < -0.3 is 5.73 Å². The first kappa shape index (κ1) is 11.0. The fourth-order valence-corrected chi connectivity index (χ4v) is 2.53. The van der Waals surface area contributed by atoms with Crippen molar-refractivity contribution in [2.45, 2.75) is 23.8 Å². The van der Waals surface area contributed by atoms with Gasteiger partial charge in [-0.25, -0.2) is 4.98 Å². The van der Waals surface area contributed by atoms with Crippen LogP contribution in [0.3, 0.4) is 0 Å². The summed E-state index contributed by atoms with van der Waals surface area (Å²) in [5.74, 6) is 0. The Balaban J connectivity index is 2.30. The standard InChI is InChI=1S/C13H14N2S/c1-9-7-10(2)15-13(8-9)16-12-6-4-3-5-11(12)14/h3-8H,14H2,1-2H3. The normalized spacial score (nSPS) is 10.4. The lowest BCUT2D eigenvalue weighted by Crippen LogP contribution is -1.90. The van der Waals surface area contributed by atoms with Crippen LogP contribution >= 0.6 is 11.8 Å². The van der Waals surface area contributed by atoms with E-state index in [-0.39, 0.29) is 0 Å². The van der Waals surface area contributed by atoms with Gasteiger partial charge in [0.05, 0.1) is 0 Å². The highest BCUT2D eigenvalue weighted by molar-refractivity contribution is 7.99. The number of hydrogen-bond donors (Lipinski definition) is 1. The Kier molecular flexibility index (Phi) is 3.15. The molecule has 0 fully saturated rings. The van der Waals surface area contributed by atoms with Gasteiger partial charge in [0, 0.05) is 16.3 Å². The number of nitrogens with zero attached hydrogens (tertiary/aromatic N) is 1. The molecule has 82 valence electrons. The number of nitrogen functional groups attached to an aromatic ring is 1. The van der Waals surface area contributed by atoms with E-state index in [0.717, 1.165) is 21.3 Å². The van der Waals surface area contributed by atoms with Gasteiger partial charge in [-0.2, -0.15) is 0 Å². The zero-order valence-electron chi connectivity index (χ0n) is 9.40. The molecule has 0 spiro atoms. The van der Waals surface area contributed by atoms with Crippen LogP contribution in [0.15, 0.2) is 46.3 Å². The summed E-state index contributed by atoms with van der Waals surface area (Å²) in [6.07, 6.45) is 0. The monoisotopic (exact) mass is 230 g/mol. The molecule has 2 aromatic rings. The van der Waals surface area contributed by atoms with E-state index >= 15 is 0 Å². The molecule has 2 rings (SSSR count). The maximum Gasteiger partial charge on any atom is 0.101 e. The minimum absolute atomic E-state index is 0.799. The Hall–Kier alpha value is -1.48. The van der Waals surface area contributed by atoms with Crippen molar-refractivity contribution >= 4 is 17.4 Å². The molecule has 0 bridgehead atoms. The second-order valence-electron chi connectivity index (χ2n) is 3.76. The zero-order valence-corrected chi connectivity index (χ0v) is 10.2. The molecule has 2 nitrogen and oxygen atoms in total. The Labute approximate surface area is 99.9 Å². The Morgan fingerprint density at radius 3 is 2.56 bits per heavy atom. The highest BCUT2D eigenvalue weighted by Gasteiger charge is 2.03. The molecular weight excluding hydrogens is 216 g/mol. The van der Waals surface area contributed by atoms with Gasteiger partial charge in [0.1, 0.15) is 5.03 Å². The highest BCUT2D eigenvalue weighted by atomic mass is 32.2. The lowest BCUT2D eigenvalue weighted by atomic mass is 10.3. The molecule has 3 heteroatoms. The van der Waals surface area contributed by atoms with Gasteiger partial charge in [-0.3, -0.25) is 0 Å². The second kappa shape index (κ2) is 4.58. The molecule has 0 atom stereocenters. The van der Waals surface area contributed by atoms with Gasteiger partial charge in [-0.05, 0) is 43.7 Å². The predicted molar refractivity (Wildman–Crippen MR) is 68.7 cm³/mol. The first-order valence-electron chi connectivity index (χ1n) is 5.13. The number of rotatable bonds is 2. The number of benzene rings is 1. The molecule has 0 saturated carbocycles. The molecule has 1 heterocycles. The fraction of sp³-hybridized carbons (Fsp3) is 0.154. The lowest BCUT2D eigenvalue weighted by molar-refractivity contribution is 1.05. The fourth-order valence-electron chi connectivity index (χ4n) is 1.54. The molecule has 0 radical (unpaired) electrons. The highest BCUT2D eigenvalue weighted by Crippen LogP contribution is 2.30. The quantitative estimate of drug-likeness (QED) is 0.803. The minimum atomic E-state index is 0.799. The van der Waals surface area contributed by atoms with Crippen molar-refractivity contribution in [2.75, 3.05) is 5.73 Å². The summed E-state index contributed by atoms with van der Waals surface area (Å²) in [6.45, 7) is 4.08. The number of aromatic nitrogens is 1. The number of nitrogens with two attached hydrogens (primary N) is 1. The number of hydrogen-bond acceptors (Lipinski definition) is 3. The SMILES string of the molecule is Cc1cc(C)nc(Sc2ccccc2N)c1. The molecule has 2 N–H and O–H groups in total. The van der Waals surface area contributed by atoms with E-state index in [1.54, 1.807) is 11.8 Å². The van der Waals surface area contributed by atoms with Gasteiger partial charge in [0.2, 0.25) is 0 Å². The third kappa shape index (κ3) is 2.55. The van der Waals surface area contributed by atoms with Crippen LogP contribution in [0.5, 0.6) is 0 Å². The van der Waals surface area contributed by atoms with E-state index in [9.17, 15) is 0 Å². The van der Waals surface area contributed by atoms with Crippen molar-refractivity contribution in [2.24, 2.45) is 0 Å². The van der Waals surface area contributed by atoms with Gasteiger partial charge in [-0.1, -0.05) is 23.9 Å². The van der Waals surface area contributed by atoms with Gasteiger partial charge in [0.15, 0.2) is 0 Å². The average molecular weight is 230 g/mol. The van der Waals surface area contributed by atoms with Crippen molar-refractivity contribution in [3.05, 3.63) is 47.7 Å². The second-order valence-corrected chi connectivity index (χ2v) is 4.83. The zero-order chi connectivity index (χ0) is 11.5. The predicted octanol–water partition coefficient (Wildman–Crippen LogP) is 3.43. The number of anilines is 1. The van der Waals surface area contributed by atoms with E-state index in [4.69, 9.17) is 5.73 Å². The Bertz CT molecular complexity index is 489. The van der Waals surface area contributed by atoms with Crippen LogP contribution in [0.4, 0.5) is 5.69 Å². The number of para-hydroxylation sites is 1. The third-order valence-corrected chi connectivity index (χ3v) is 3.22. The topological polar surface area (TPSA) is 38.9 Å². The minimum Gasteiger partial charge on any atom is -0.398 e. The molecule has 1 aromatic carbocycles. The first-order valence-corrected chi connectivity index (χ1v) is 5.94. The van der Waals surface area contributed by atoms with Crippen LogP contribution in [0.1, 0.15) is 11.3 Å². The van der Waals surface area contributed by atoms with Gasteiger partial charge in [-0.15, -0.1) is 0 Å². The summed E-state index contributed by atoms with van der Waals surface area (Å²) in [5.41, 5.74) is 8.96. The van der Waals surface area contributed by atoms with Crippen LogP contribution in [0.25, 0.3) is 0 Å². The van der Waals surface area contributed by atoms with E-state index in [1.807, 2.05) is 31.2 Å². The third-order valence-electron chi connectivity index (χ3n) is 2.21. The molecule has 1 aromatic heterocycles. The maximum atomic E-state index is 5.90. The summed E-state index contributed by atoms with van der Waals surface area (Å²) < 4.78 is 0. The van der Waals surface area contributed by atoms with E-state index in [2.05, 4.69) is 24.0 Å². The van der Waals surface area contributed by atoms with E-state index in [1.165, 1.54) is 5.56 Å². The molecule has 0 saturated heterocycles. The van der Waals surface area contributed by atoms with Crippen molar-refractivity contribution < 1.29 is 0 Å². The smallest absolute Gasteiger partial charge is 0.101 e. The lowest BCUT2D eigenvalue weighted by Gasteiger charge is -2.05. The van der Waals surface area contributed by atoms with Crippen LogP contribution in [0, 0.1) is 13.8 Å². The summed E-state index contributed by atoms with van der Waals surface area (Å²) >= 11 is 1.61. The Morgan fingerprint density at radius 1 is 1.12 bits per heavy atom. The molecular formula is C13H14N2S. The molecule has 16 heavy (non-hydrogen) atoms. The summed E-state index contributed by atoms with van der Waals surface area (Å²) in [4.78, 5) is 5.53. The molecule has 0 aliphatic heterocycles. The van der Waals surface area contributed by atoms with E-state index in [0.29, 0.717) is 0 Å². The van der Waals surface area contributed by atoms with Crippen LogP contribution in [-0.2, 0) is 0 Å². The molecule has 0 aliphatic rings. The molecule has 0 unspecified atom stereocenters. The van der Waals surface area contributed by atoms with Crippen LogP contribution in [-0.4, -0.2) is 4.98 Å². The van der Waals surface area contributed by atoms with Crippen molar-refractivity contribution in [3.63, 3.8) is 0 Å². The van der Waals surface area contributed by atoms with Crippen molar-refractivity contribution in [3.8, 4) is 0 Å². The largest absolute Gasteiger partial charge is 0.398 e. The summed E-state index contributed by atoms with van der Waals surface area (Å²) in [6, 6.07) is 12.0. The van der Waals surface area contributed by atoms with Crippen molar-refractivity contribution in [1.82, 2.24) is 4.98 Å². The Morgan fingerprint density at radius 2 is 1.88 bits per heavy atom. The van der Waals surface area contributed by atoms with Gasteiger partial charge >= 0.3 is 0 Å². The summed E-state index contributed by atoms with van der Waals surface area (Å²) in [5, 5.41) is 0.996. The first-order chi connectivity index (χ1) is 7.65. The van der Waals surface area contributed by atoms with E-state index < -0.39 is 0 Å². The van der Waals surface area contributed by atoms with Gasteiger partial charge in [0.25, 0.3) is 0 Å². The van der Waals surface area contributed by atoms with Crippen LogP contribution in [0.2, 0.25) is 0 Å².